The lowest BCUT2D eigenvalue weighted by Gasteiger charge is -2.25. The third kappa shape index (κ3) is 3.71. The Kier molecular flexibility index (Phi) is 4.35. The number of carbonyl (C=O) groups is 1. The van der Waals surface area contributed by atoms with Crippen molar-refractivity contribution in [3.63, 3.8) is 0 Å². The second-order valence-electron chi connectivity index (χ2n) is 5.35. The number of amides is 1. The van der Waals surface area contributed by atoms with Crippen LogP contribution in [0.1, 0.15) is 40.5 Å². The Bertz CT molecular complexity index is 260. The maximum absolute atomic E-state index is 12.1. The Morgan fingerprint density at radius 3 is 2.33 bits per heavy atom. The standard InChI is InChI=1S/C11H19I2NO/c1-7(2)14-9(15)11(5-8(11)12)6-10(3,4)13/h7-8H,5-6H2,1-4H3,(H,14,15). The molecule has 0 saturated heterocycles. The van der Waals surface area contributed by atoms with Gasteiger partial charge in [-0.3, -0.25) is 4.79 Å². The highest BCUT2D eigenvalue weighted by molar-refractivity contribution is 14.1. The Hall–Kier alpha value is 0.930. The van der Waals surface area contributed by atoms with Gasteiger partial charge in [0.05, 0.1) is 5.41 Å². The smallest absolute Gasteiger partial charge is 0.227 e. The highest BCUT2D eigenvalue weighted by Gasteiger charge is 2.60. The number of hydrogen-bond donors (Lipinski definition) is 1. The van der Waals surface area contributed by atoms with Crippen molar-refractivity contribution in [2.45, 2.75) is 53.9 Å². The van der Waals surface area contributed by atoms with Crippen LogP contribution in [0.25, 0.3) is 0 Å². The fourth-order valence-corrected chi connectivity index (χ4v) is 3.88. The van der Waals surface area contributed by atoms with Gasteiger partial charge in [-0.25, -0.2) is 0 Å². The van der Waals surface area contributed by atoms with E-state index < -0.39 is 0 Å². The van der Waals surface area contributed by atoms with Gasteiger partial charge in [-0.2, -0.15) is 0 Å². The van der Waals surface area contributed by atoms with Crippen LogP contribution in [0.5, 0.6) is 0 Å². The van der Waals surface area contributed by atoms with Gasteiger partial charge in [0.2, 0.25) is 5.91 Å². The van der Waals surface area contributed by atoms with E-state index in [1.54, 1.807) is 0 Å². The van der Waals surface area contributed by atoms with Crippen LogP contribution >= 0.6 is 45.2 Å². The molecule has 0 aromatic carbocycles. The van der Waals surface area contributed by atoms with E-state index in [0.29, 0.717) is 3.92 Å². The highest BCUT2D eigenvalue weighted by atomic mass is 127. The van der Waals surface area contributed by atoms with Crippen LogP contribution in [0, 0.1) is 5.41 Å². The fourth-order valence-electron chi connectivity index (χ4n) is 1.92. The average molecular weight is 435 g/mol. The summed E-state index contributed by atoms with van der Waals surface area (Å²) in [4.78, 5) is 12.1. The van der Waals surface area contributed by atoms with Crippen molar-refractivity contribution in [1.29, 1.82) is 0 Å². The number of halogens is 2. The maximum atomic E-state index is 12.1. The SMILES string of the molecule is CC(C)NC(=O)C1(CC(C)(C)I)CC1I. The van der Waals surface area contributed by atoms with Gasteiger partial charge in [0.15, 0.2) is 0 Å². The Balaban J connectivity index is 2.67. The molecule has 1 rings (SSSR count). The van der Waals surface area contributed by atoms with Crippen molar-refractivity contribution < 1.29 is 4.79 Å². The number of carbonyl (C=O) groups excluding carboxylic acids is 1. The molecule has 1 saturated carbocycles. The van der Waals surface area contributed by atoms with Crippen LogP contribution in [0.4, 0.5) is 0 Å². The zero-order valence-corrected chi connectivity index (χ0v) is 14.0. The summed E-state index contributed by atoms with van der Waals surface area (Å²) in [6.45, 7) is 8.43. The van der Waals surface area contributed by atoms with E-state index in [2.05, 4.69) is 64.3 Å². The average Bonchev–Trinajstić information content (AvgIpc) is 2.57. The molecule has 2 nitrogen and oxygen atoms in total. The third-order valence-electron chi connectivity index (χ3n) is 2.59. The number of nitrogens with one attached hydrogen (secondary N) is 1. The minimum Gasteiger partial charge on any atom is -0.353 e. The molecule has 1 aliphatic rings. The van der Waals surface area contributed by atoms with Crippen LogP contribution in [-0.2, 0) is 4.79 Å². The van der Waals surface area contributed by atoms with Crippen molar-refractivity contribution >= 4 is 51.1 Å². The topological polar surface area (TPSA) is 29.1 Å². The van der Waals surface area contributed by atoms with Crippen LogP contribution in [0.3, 0.4) is 0 Å². The minimum atomic E-state index is -0.0878. The number of rotatable bonds is 4. The zero-order chi connectivity index (χ0) is 11.9. The molecule has 4 heteroatoms. The molecule has 1 fully saturated rings. The van der Waals surface area contributed by atoms with Crippen molar-refractivity contribution in [1.82, 2.24) is 5.32 Å². The van der Waals surface area contributed by atoms with Crippen molar-refractivity contribution in [3.8, 4) is 0 Å². The summed E-state index contributed by atoms with van der Waals surface area (Å²) in [6, 6.07) is 0.246. The van der Waals surface area contributed by atoms with Crippen molar-refractivity contribution in [2.75, 3.05) is 0 Å². The zero-order valence-electron chi connectivity index (χ0n) is 9.73. The molecule has 0 aromatic heterocycles. The molecule has 0 heterocycles. The summed E-state index contributed by atoms with van der Waals surface area (Å²) < 4.78 is 0.717. The summed E-state index contributed by atoms with van der Waals surface area (Å²) in [5.74, 6) is 0.252. The molecular formula is C11H19I2NO. The molecule has 2 atom stereocenters. The molecule has 1 N–H and O–H groups in total. The van der Waals surface area contributed by atoms with Gasteiger partial charge in [-0.05, 0) is 26.7 Å². The summed E-state index contributed by atoms with van der Waals surface area (Å²) in [7, 11) is 0. The molecule has 0 aromatic rings. The molecule has 88 valence electrons. The van der Waals surface area contributed by atoms with Gasteiger partial charge in [-0.1, -0.05) is 59.0 Å². The maximum Gasteiger partial charge on any atom is 0.227 e. The van der Waals surface area contributed by atoms with Crippen LogP contribution < -0.4 is 5.32 Å². The molecule has 0 aliphatic heterocycles. The summed E-state index contributed by atoms with van der Waals surface area (Å²) in [6.07, 6.45) is 2.02. The molecular weight excluding hydrogens is 416 g/mol. The van der Waals surface area contributed by atoms with E-state index in [0.717, 1.165) is 12.8 Å². The Morgan fingerprint density at radius 1 is 1.60 bits per heavy atom. The monoisotopic (exact) mass is 435 g/mol. The lowest BCUT2D eigenvalue weighted by Crippen LogP contribution is -2.40. The van der Waals surface area contributed by atoms with Crippen LogP contribution in [-0.4, -0.2) is 19.3 Å². The number of hydrogen-bond acceptors (Lipinski definition) is 1. The summed E-state index contributed by atoms with van der Waals surface area (Å²) in [5.41, 5.74) is -0.0878. The number of alkyl halides is 2. The summed E-state index contributed by atoms with van der Waals surface area (Å²) >= 11 is 4.84. The summed E-state index contributed by atoms with van der Waals surface area (Å²) in [5, 5.41) is 3.05. The lowest BCUT2D eigenvalue weighted by atomic mass is 9.93. The molecule has 1 aliphatic carbocycles. The quantitative estimate of drug-likeness (QED) is 0.533. The fraction of sp³-hybridized carbons (Fsp3) is 0.909. The molecule has 0 bridgehead atoms. The van der Waals surface area contributed by atoms with E-state index in [9.17, 15) is 4.79 Å². The van der Waals surface area contributed by atoms with Gasteiger partial charge in [0.25, 0.3) is 0 Å². The molecule has 0 radical (unpaired) electrons. The second kappa shape index (κ2) is 4.66. The molecule has 2 unspecified atom stereocenters. The van der Waals surface area contributed by atoms with Crippen LogP contribution in [0.2, 0.25) is 0 Å². The minimum absolute atomic E-state index is 0.0878. The molecule has 1 amide bonds. The first-order valence-corrected chi connectivity index (χ1v) is 7.64. The first kappa shape index (κ1) is 14.0. The largest absolute Gasteiger partial charge is 0.353 e. The van der Waals surface area contributed by atoms with Crippen molar-refractivity contribution in [3.05, 3.63) is 0 Å². The van der Waals surface area contributed by atoms with Gasteiger partial charge in [-0.15, -0.1) is 0 Å². The predicted octanol–water partition coefficient (Wildman–Crippen LogP) is 3.31. The lowest BCUT2D eigenvalue weighted by molar-refractivity contribution is -0.127. The Labute approximate surface area is 120 Å². The Morgan fingerprint density at radius 2 is 2.07 bits per heavy atom. The van der Waals surface area contributed by atoms with Gasteiger partial charge in [0, 0.05) is 13.4 Å². The van der Waals surface area contributed by atoms with E-state index in [1.807, 2.05) is 13.8 Å². The van der Waals surface area contributed by atoms with Crippen LogP contribution in [0.15, 0.2) is 0 Å². The first-order chi connectivity index (χ1) is 6.67. The van der Waals surface area contributed by atoms with E-state index in [1.165, 1.54) is 0 Å². The normalized spacial score (nSPS) is 30.5. The molecule has 15 heavy (non-hydrogen) atoms. The van der Waals surface area contributed by atoms with E-state index in [4.69, 9.17) is 0 Å². The van der Waals surface area contributed by atoms with Gasteiger partial charge < -0.3 is 5.32 Å². The van der Waals surface area contributed by atoms with Gasteiger partial charge in [0.1, 0.15) is 0 Å². The highest BCUT2D eigenvalue weighted by Crippen LogP contribution is 2.57. The second-order valence-corrected chi connectivity index (χ2v) is 9.78. The molecule has 0 spiro atoms. The third-order valence-corrected chi connectivity index (χ3v) is 4.60. The first-order valence-electron chi connectivity index (χ1n) is 5.31. The van der Waals surface area contributed by atoms with E-state index in [-0.39, 0.29) is 20.8 Å². The van der Waals surface area contributed by atoms with Gasteiger partial charge >= 0.3 is 0 Å². The van der Waals surface area contributed by atoms with E-state index >= 15 is 0 Å². The predicted molar refractivity (Wildman–Crippen MR) is 80.9 cm³/mol. The van der Waals surface area contributed by atoms with Crippen molar-refractivity contribution in [2.24, 2.45) is 5.41 Å².